The van der Waals surface area contributed by atoms with E-state index in [0.717, 1.165) is 30.4 Å². The SMILES string of the molecule is CC(OC(=O)CCc1ccc(S(=O)(=O)N2CCCCC2)cc1)c1nnc(-c2ccccc2)o1. The Labute approximate surface area is 193 Å². The summed E-state index contributed by atoms with van der Waals surface area (Å²) in [7, 11) is -3.46. The molecule has 1 aromatic heterocycles. The minimum atomic E-state index is -3.46. The Morgan fingerprint density at radius 2 is 1.73 bits per heavy atom. The zero-order chi connectivity index (χ0) is 23.3. The molecule has 2 aromatic carbocycles. The van der Waals surface area contributed by atoms with Gasteiger partial charge in [0.05, 0.1) is 4.90 Å². The van der Waals surface area contributed by atoms with Crippen molar-refractivity contribution in [3.63, 3.8) is 0 Å². The third-order valence-electron chi connectivity index (χ3n) is 5.61. The topological polar surface area (TPSA) is 103 Å². The van der Waals surface area contributed by atoms with Crippen molar-refractivity contribution in [1.82, 2.24) is 14.5 Å². The highest BCUT2D eigenvalue weighted by atomic mass is 32.2. The van der Waals surface area contributed by atoms with Crippen molar-refractivity contribution in [2.45, 2.75) is 50.0 Å². The molecule has 1 atom stereocenters. The summed E-state index contributed by atoms with van der Waals surface area (Å²) in [5.74, 6) is 0.203. The van der Waals surface area contributed by atoms with Gasteiger partial charge in [0.1, 0.15) is 0 Å². The smallest absolute Gasteiger partial charge is 0.306 e. The first-order valence-electron chi connectivity index (χ1n) is 11.1. The van der Waals surface area contributed by atoms with Crippen molar-refractivity contribution in [1.29, 1.82) is 0 Å². The lowest BCUT2D eigenvalue weighted by molar-refractivity contribution is -0.149. The normalized spacial score (nSPS) is 15.8. The Hall–Kier alpha value is -3.04. The number of carbonyl (C=O) groups is 1. The van der Waals surface area contributed by atoms with Crippen molar-refractivity contribution < 1.29 is 22.4 Å². The molecule has 1 aliphatic heterocycles. The number of sulfonamides is 1. The monoisotopic (exact) mass is 469 g/mol. The van der Waals surface area contributed by atoms with E-state index in [2.05, 4.69) is 10.2 Å². The van der Waals surface area contributed by atoms with Gasteiger partial charge in [-0.2, -0.15) is 4.31 Å². The molecule has 0 amide bonds. The van der Waals surface area contributed by atoms with Crippen molar-refractivity contribution >= 4 is 16.0 Å². The van der Waals surface area contributed by atoms with E-state index in [1.54, 1.807) is 35.5 Å². The molecule has 1 fully saturated rings. The molecule has 0 bridgehead atoms. The lowest BCUT2D eigenvalue weighted by atomic mass is 10.1. The molecule has 1 saturated heterocycles. The van der Waals surface area contributed by atoms with Crippen LogP contribution in [0.4, 0.5) is 0 Å². The summed E-state index contributed by atoms with van der Waals surface area (Å²) in [5, 5.41) is 7.99. The summed E-state index contributed by atoms with van der Waals surface area (Å²) in [6, 6.07) is 16.1. The highest BCUT2D eigenvalue weighted by molar-refractivity contribution is 7.89. The Balaban J connectivity index is 1.29. The van der Waals surface area contributed by atoms with Crippen LogP contribution >= 0.6 is 0 Å². The predicted octanol–water partition coefficient (Wildman–Crippen LogP) is 4.15. The van der Waals surface area contributed by atoms with Crippen LogP contribution in [0.5, 0.6) is 0 Å². The van der Waals surface area contributed by atoms with Crippen molar-refractivity contribution in [3.8, 4) is 11.5 Å². The summed E-state index contributed by atoms with van der Waals surface area (Å²) in [6.07, 6.45) is 2.79. The number of benzene rings is 2. The standard InChI is InChI=1S/C24H27N3O5S/c1-18(23-25-26-24(32-23)20-8-4-2-5-9-20)31-22(28)15-12-19-10-13-21(14-11-19)33(29,30)27-16-6-3-7-17-27/h2,4-5,8-11,13-14,18H,3,6-7,12,15-17H2,1H3. The van der Waals surface area contributed by atoms with E-state index < -0.39 is 22.1 Å². The van der Waals surface area contributed by atoms with Gasteiger partial charge >= 0.3 is 5.97 Å². The quantitative estimate of drug-likeness (QED) is 0.457. The molecule has 2 heterocycles. The number of rotatable bonds is 8. The Morgan fingerprint density at radius 3 is 2.42 bits per heavy atom. The van der Waals surface area contributed by atoms with Crippen LogP contribution in [-0.4, -0.2) is 42.0 Å². The van der Waals surface area contributed by atoms with Crippen LogP contribution in [0.25, 0.3) is 11.5 Å². The van der Waals surface area contributed by atoms with Gasteiger partial charge < -0.3 is 9.15 Å². The number of carbonyl (C=O) groups excluding carboxylic acids is 1. The molecule has 174 valence electrons. The molecule has 0 saturated carbocycles. The zero-order valence-electron chi connectivity index (χ0n) is 18.5. The highest BCUT2D eigenvalue weighted by Gasteiger charge is 2.25. The second-order valence-electron chi connectivity index (χ2n) is 8.05. The fourth-order valence-electron chi connectivity index (χ4n) is 3.73. The molecule has 8 nitrogen and oxygen atoms in total. The Bertz CT molecular complexity index is 1170. The van der Waals surface area contributed by atoms with Gasteiger partial charge in [0.25, 0.3) is 5.89 Å². The van der Waals surface area contributed by atoms with Crippen molar-refractivity contribution in [2.24, 2.45) is 0 Å². The van der Waals surface area contributed by atoms with E-state index in [1.807, 2.05) is 30.3 Å². The first kappa shape index (κ1) is 23.1. The molecule has 1 unspecified atom stereocenters. The first-order chi connectivity index (χ1) is 15.9. The van der Waals surface area contributed by atoms with E-state index in [-0.39, 0.29) is 17.2 Å². The van der Waals surface area contributed by atoms with E-state index in [1.165, 1.54) is 0 Å². The van der Waals surface area contributed by atoms with Crippen LogP contribution in [0.3, 0.4) is 0 Å². The van der Waals surface area contributed by atoms with Gasteiger partial charge in [-0.05, 0) is 56.0 Å². The van der Waals surface area contributed by atoms with Crippen LogP contribution in [0.15, 0.2) is 63.9 Å². The number of aromatic nitrogens is 2. The van der Waals surface area contributed by atoms with Gasteiger partial charge in [0.15, 0.2) is 6.10 Å². The molecule has 1 aliphatic rings. The van der Waals surface area contributed by atoms with E-state index in [4.69, 9.17) is 9.15 Å². The second kappa shape index (κ2) is 10.3. The number of piperidine rings is 1. The van der Waals surface area contributed by atoms with E-state index >= 15 is 0 Å². The molecule has 4 rings (SSSR count). The molecule has 0 N–H and O–H groups in total. The largest absolute Gasteiger partial charge is 0.453 e. The lowest BCUT2D eigenvalue weighted by Gasteiger charge is -2.25. The van der Waals surface area contributed by atoms with Gasteiger partial charge in [-0.15, -0.1) is 10.2 Å². The van der Waals surface area contributed by atoms with Crippen molar-refractivity contribution in [3.05, 3.63) is 66.1 Å². The molecule has 0 radical (unpaired) electrons. The maximum Gasteiger partial charge on any atom is 0.306 e. The molecule has 0 spiro atoms. The number of aryl methyl sites for hydroxylation is 1. The molecular formula is C24H27N3O5S. The molecule has 3 aromatic rings. The summed E-state index contributed by atoms with van der Waals surface area (Å²) in [6.45, 7) is 2.82. The van der Waals surface area contributed by atoms with Gasteiger partial charge in [0.2, 0.25) is 15.9 Å². The lowest BCUT2D eigenvalue weighted by Crippen LogP contribution is -2.35. The summed E-state index contributed by atoms with van der Waals surface area (Å²) >= 11 is 0. The molecular weight excluding hydrogens is 442 g/mol. The van der Waals surface area contributed by atoms with Gasteiger partial charge in [-0.3, -0.25) is 4.79 Å². The third-order valence-corrected chi connectivity index (χ3v) is 7.52. The van der Waals surface area contributed by atoms with E-state index in [0.29, 0.717) is 25.4 Å². The van der Waals surface area contributed by atoms with Crippen molar-refractivity contribution in [2.75, 3.05) is 13.1 Å². The minimum absolute atomic E-state index is 0.155. The number of hydrogen-bond acceptors (Lipinski definition) is 7. The van der Waals surface area contributed by atoms with E-state index in [9.17, 15) is 13.2 Å². The maximum absolute atomic E-state index is 12.7. The molecule has 9 heteroatoms. The van der Waals surface area contributed by atoms with Gasteiger partial charge in [-0.1, -0.05) is 36.8 Å². The fraction of sp³-hybridized carbons (Fsp3) is 0.375. The summed E-state index contributed by atoms with van der Waals surface area (Å²) < 4.78 is 38.1. The minimum Gasteiger partial charge on any atom is -0.453 e. The molecule has 33 heavy (non-hydrogen) atoms. The number of ether oxygens (including phenoxy) is 1. The maximum atomic E-state index is 12.7. The third kappa shape index (κ3) is 5.66. The summed E-state index contributed by atoms with van der Waals surface area (Å²) in [5.41, 5.74) is 1.65. The fourth-order valence-corrected chi connectivity index (χ4v) is 5.25. The highest BCUT2D eigenvalue weighted by Crippen LogP contribution is 2.23. The van der Waals surface area contributed by atoms with Crippen LogP contribution in [-0.2, 0) is 26.0 Å². The average Bonchev–Trinajstić information content (AvgIpc) is 3.35. The Kier molecular flexibility index (Phi) is 7.20. The summed E-state index contributed by atoms with van der Waals surface area (Å²) in [4.78, 5) is 12.6. The number of nitrogens with zero attached hydrogens (tertiary/aromatic N) is 3. The first-order valence-corrected chi connectivity index (χ1v) is 12.5. The van der Waals surface area contributed by atoms with Gasteiger partial charge in [0, 0.05) is 25.1 Å². The van der Waals surface area contributed by atoms with Crippen LogP contribution < -0.4 is 0 Å². The zero-order valence-corrected chi connectivity index (χ0v) is 19.3. The van der Waals surface area contributed by atoms with Crippen LogP contribution in [0, 0.1) is 0 Å². The number of hydrogen-bond donors (Lipinski definition) is 0. The predicted molar refractivity (Wildman–Crippen MR) is 122 cm³/mol. The van der Waals surface area contributed by atoms with Crippen LogP contribution in [0.1, 0.15) is 50.2 Å². The van der Waals surface area contributed by atoms with Gasteiger partial charge in [-0.25, -0.2) is 8.42 Å². The second-order valence-corrected chi connectivity index (χ2v) is 9.99. The number of esters is 1. The van der Waals surface area contributed by atoms with Crippen LogP contribution in [0.2, 0.25) is 0 Å². The Morgan fingerprint density at radius 1 is 1.03 bits per heavy atom. The molecule has 0 aliphatic carbocycles. The average molecular weight is 470 g/mol.